The molecule has 0 aliphatic carbocycles. The van der Waals surface area contributed by atoms with Crippen LogP contribution in [0.15, 0.2) is 48.5 Å². The average molecular weight is 589 g/mol. The molecule has 9 heteroatoms. The number of carboxylic acid groups (broad SMARTS) is 1. The molecule has 0 saturated carbocycles. The minimum absolute atomic E-state index is 0.378. The van der Waals surface area contributed by atoms with Crippen molar-refractivity contribution in [2.75, 3.05) is 13.1 Å². The fraction of sp³-hybridized carbons (Fsp3) is 0.344. The molecule has 1 saturated heterocycles. The van der Waals surface area contributed by atoms with Crippen LogP contribution in [0.2, 0.25) is 5.02 Å². The smallest absolute Gasteiger partial charge is 0.337 e. The van der Waals surface area contributed by atoms with Gasteiger partial charge in [-0.2, -0.15) is 0 Å². The number of hydrogen-bond acceptors (Lipinski definition) is 6. The van der Waals surface area contributed by atoms with E-state index >= 15 is 0 Å². The third-order valence-electron chi connectivity index (χ3n) is 7.53. The third kappa shape index (κ3) is 5.26. The molecule has 1 unspecified atom stereocenters. The number of halogens is 1. The second-order valence-electron chi connectivity index (χ2n) is 11.7. The van der Waals surface area contributed by atoms with Crippen molar-refractivity contribution < 1.29 is 14.6 Å². The SMILES string of the molecule is Cc1cc2nc(-c3ccc4nc(C)n([C@H]5CCNC5)c4c3)sc2c(-c2ccc(Cl)cc2)c1C(OC(C)(C)C)C(=O)O. The molecule has 3 aromatic carbocycles. The highest BCUT2D eigenvalue weighted by molar-refractivity contribution is 7.22. The fourth-order valence-corrected chi connectivity index (χ4v) is 7.08. The maximum atomic E-state index is 12.6. The molecular formula is C32H33ClN4O3S. The van der Waals surface area contributed by atoms with E-state index in [-0.39, 0.29) is 0 Å². The topological polar surface area (TPSA) is 89.3 Å². The van der Waals surface area contributed by atoms with E-state index < -0.39 is 17.7 Å². The van der Waals surface area contributed by atoms with Gasteiger partial charge in [0.2, 0.25) is 0 Å². The lowest BCUT2D eigenvalue weighted by molar-refractivity contribution is -0.160. The molecule has 2 atom stereocenters. The number of fused-ring (bicyclic) bond motifs is 2. The molecule has 2 aromatic heterocycles. The lowest BCUT2D eigenvalue weighted by atomic mass is 9.91. The number of aryl methyl sites for hydroxylation is 2. The predicted molar refractivity (Wildman–Crippen MR) is 166 cm³/mol. The molecule has 1 fully saturated rings. The monoisotopic (exact) mass is 588 g/mol. The van der Waals surface area contributed by atoms with Gasteiger partial charge in [0.15, 0.2) is 6.10 Å². The zero-order valence-corrected chi connectivity index (χ0v) is 25.4. The van der Waals surface area contributed by atoms with Crippen LogP contribution in [0.5, 0.6) is 0 Å². The van der Waals surface area contributed by atoms with Crippen LogP contribution < -0.4 is 5.32 Å². The number of nitrogens with one attached hydrogen (secondary N) is 1. The normalized spacial score (nSPS) is 16.6. The number of imidazole rings is 1. The summed E-state index contributed by atoms with van der Waals surface area (Å²) < 4.78 is 9.40. The summed E-state index contributed by atoms with van der Waals surface area (Å²) in [4.78, 5) is 22.5. The van der Waals surface area contributed by atoms with Crippen molar-refractivity contribution >= 4 is 50.2 Å². The molecule has 3 heterocycles. The van der Waals surface area contributed by atoms with Crippen LogP contribution >= 0.6 is 22.9 Å². The molecule has 0 radical (unpaired) electrons. The van der Waals surface area contributed by atoms with Crippen molar-refractivity contribution in [1.82, 2.24) is 19.9 Å². The minimum atomic E-state index is -1.15. The summed E-state index contributed by atoms with van der Waals surface area (Å²) >= 11 is 7.81. The van der Waals surface area contributed by atoms with Gasteiger partial charge < -0.3 is 19.7 Å². The molecule has 41 heavy (non-hydrogen) atoms. The first-order valence-electron chi connectivity index (χ1n) is 13.8. The zero-order chi connectivity index (χ0) is 29.1. The Morgan fingerprint density at radius 2 is 1.83 bits per heavy atom. The first kappa shape index (κ1) is 27.8. The van der Waals surface area contributed by atoms with Gasteiger partial charge in [-0.3, -0.25) is 0 Å². The van der Waals surface area contributed by atoms with E-state index in [4.69, 9.17) is 26.3 Å². The van der Waals surface area contributed by atoms with Gasteiger partial charge in [0, 0.05) is 34.3 Å². The standard InChI is InChI=1S/C32H33ClN4O3S/c1-17-14-24-29(27(19-6-9-21(33)10-7-19)26(17)28(31(38)39)40-32(3,4)5)41-30(36-24)20-8-11-23-25(15-20)37(18(2)35-23)22-12-13-34-16-22/h6-11,14-15,22,28,34H,12-13,16H2,1-5H3,(H,38,39)/t22-,28?/m0/s1. The Morgan fingerprint density at radius 1 is 1.10 bits per heavy atom. The predicted octanol–water partition coefficient (Wildman–Crippen LogP) is 7.73. The molecule has 7 nitrogen and oxygen atoms in total. The van der Waals surface area contributed by atoms with E-state index in [1.165, 1.54) is 0 Å². The van der Waals surface area contributed by atoms with E-state index in [1.807, 2.05) is 58.0 Å². The largest absolute Gasteiger partial charge is 0.479 e. The van der Waals surface area contributed by atoms with E-state index in [9.17, 15) is 9.90 Å². The number of aliphatic carboxylic acids is 1. The van der Waals surface area contributed by atoms with Gasteiger partial charge in [0.25, 0.3) is 0 Å². The summed E-state index contributed by atoms with van der Waals surface area (Å²) in [6.07, 6.45) is -0.0738. The number of rotatable bonds is 6. The van der Waals surface area contributed by atoms with E-state index in [0.29, 0.717) is 16.6 Å². The van der Waals surface area contributed by atoms with Crippen LogP contribution in [-0.2, 0) is 9.53 Å². The van der Waals surface area contributed by atoms with Crippen LogP contribution in [-0.4, -0.2) is 44.3 Å². The lowest BCUT2D eigenvalue weighted by Gasteiger charge is -2.28. The van der Waals surface area contributed by atoms with Gasteiger partial charge in [-0.1, -0.05) is 23.7 Å². The first-order chi connectivity index (χ1) is 19.5. The maximum Gasteiger partial charge on any atom is 0.337 e. The number of carbonyl (C=O) groups is 1. The van der Waals surface area contributed by atoms with Crippen LogP contribution in [0, 0.1) is 13.8 Å². The highest BCUT2D eigenvalue weighted by atomic mass is 35.5. The second-order valence-corrected chi connectivity index (χ2v) is 13.1. The Kier molecular flexibility index (Phi) is 7.14. The molecule has 2 N–H and O–H groups in total. The van der Waals surface area contributed by atoms with Crippen LogP contribution in [0.3, 0.4) is 0 Å². The highest BCUT2D eigenvalue weighted by Crippen LogP contribution is 2.44. The first-order valence-corrected chi connectivity index (χ1v) is 15.0. The summed E-state index contributed by atoms with van der Waals surface area (Å²) in [7, 11) is 0. The molecule has 212 valence electrons. The van der Waals surface area contributed by atoms with E-state index in [0.717, 1.165) is 73.8 Å². The number of hydrogen-bond donors (Lipinski definition) is 2. The van der Waals surface area contributed by atoms with Gasteiger partial charge in [0.1, 0.15) is 10.8 Å². The Bertz CT molecular complexity index is 1780. The Balaban J connectivity index is 1.57. The number of nitrogens with zero attached hydrogens (tertiary/aromatic N) is 3. The fourth-order valence-electron chi connectivity index (χ4n) is 5.83. The van der Waals surface area contributed by atoms with Gasteiger partial charge >= 0.3 is 5.97 Å². The molecule has 1 aliphatic rings. The molecule has 0 amide bonds. The van der Waals surface area contributed by atoms with Gasteiger partial charge in [-0.05, 0) is 95.1 Å². The summed E-state index contributed by atoms with van der Waals surface area (Å²) in [6.45, 7) is 11.5. The molecule has 0 spiro atoms. The van der Waals surface area contributed by atoms with Crippen molar-refractivity contribution in [2.24, 2.45) is 0 Å². The molecule has 5 aromatic rings. The van der Waals surface area contributed by atoms with Gasteiger partial charge in [0.05, 0.1) is 26.9 Å². The van der Waals surface area contributed by atoms with Crippen molar-refractivity contribution in [3.63, 3.8) is 0 Å². The summed E-state index contributed by atoms with van der Waals surface area (Å²) in [6, 6.07) is 16.2. The lowest BCUT2D eigenvalue weighted by Crippen LogP contribution is -2.28. The quantitative estimate of drug-likeness (QED) is 0.211. The summed E-state index contributed by atoms with van der Waals surface area (Å²) in [5, 5.41) is 15.3. The van der Waals surface area contributed by atoms with Crippen LogP contribution in [0.25, 0.3) is 42.9 Å². The number of benzene rings is 3. The van der Waals surface area contributed by atoms with E-state index in [2.05, 4.69) is 35.0 Å². The number of thiazole rings is 1. The molecule has 1 aliphatic heterocycles. The van der Waals surface area contributed by atoms with Crippen molar-refractivity contribution in [2.45, 2.75) is 58.8 Å². The highest BCUT2D eigenvalue weighted by Gasteiger charge is 2.32. The third-order valence-corrected chi connectivity index (χ3v) is 8.92. The molecular weight excluding hydrogens is 556 g/mol. The van der Waals surface area contributed by atoms with Crippen molar-refractivity contribution in [3.8, 4) is 21.7 Å². The van der Waals surface area contributed by atoms with Crippen LogP contribution in [0.4, 0.5) is 0 Å². The summed E-state index contributed by atoms with van der Waals surface area (Å²) in [5.41, 5.74) is 6.38. The van der Waals surface area contributed by atoms with Gasteiger partial charge in [-0.15, -0.1) is 11.3 Å². The number of carboxylic acids is 1. The van der Waals surface area contributed by atoms with Crippen molar-refractivity contribution in [3.05, 3.63) is 70.5 Å². The molecule has 0 bridgehead atoms. The summed E-state index contributed by atoms with van der Waals surface area (Å²) in [5.74, 6) is -0.0168. The molecule has 6 rings (SSSR count). The number of aromatic nitrogens is 3. The Labute approximate surface area is 248 Å². The van der Waals surface area contributed by atoms with Crippen LogP contribution in [0.1, 0.15) is 56.3 Å². The maximum absolute atomic E-state index is 12.6. The van der Waals surface area contributed by atoms with E-state index in [1.54, 1.807) is 11.3 Å². The van der Waals surface area contributed by atoms with Gasteiger partial charge in [-0.25, -0.2) is 14.8 Å². The Morgan fingerprint density at radius 3 is 2.49 bits per heavy atom. The average Bonchev–Trinajstić information content (AvgIpc) is 3.64. The Hall–Kier alpha value is -3.30. The zero-order valence-electron chi connectivity index (χ0n) is 23.8. The second kappa shape index (κ2) is 10.5. The number of ether oxygens (including phenoxy) is 1. The minimum Gasteiger partial charge on any atom is -0.479 e. The van der Waals surface area contributed by atoms with Crippen molar-refractivity contribution in [1.29, 1.82) is 0 Å².